The van der Waals surface area contributed by atoms with E-state index in [9.17, 15) is 0 Å². The SMILES string of the molecule is COc1ccc(-c2nnnn2CCN(C)C)cc1N. The van der Waals surface area contributed by atoms with Crippen molar-refractivity contribution in [3.05, 3.63) is 18.2 Å². The molecule has 0 aliphatic rings. The Hall–Kier alpha value is -2.15. The zero-order chi connectivity index (χ0) is 13.8. The van der Waals surface area contributed by atoms with Crippen molar-refractivity contribution in [2.75, 3.05) is 33.5 Å². The maximum Gasteiger partial charge on any atom is 0.182 e. The Kier molecular flexibility index (Phi) is 3.96. The first kappa shape index (κ1) is 13.3. The van der Waals surface area contributed by atoms with Gasteiger partial charge in [0.2, 0.25) is 0 Å². The van der Waals surface area contributed by atoms with E-state index in [1.54, 1.807) is 11.8 Å². The highest BCUT2D eigenvalue weighted by Gasteiger charge is 2.10. The van der Waals surface area contributed by atoms with E-state index in [4.69, 9.17) is 10.5 Å². The minimum absolute atomic E-state index is 0.571. The van der Waals surface area contributed by atoms with Crippen molar-refractivity contribution in [3.63, 3.8) is 0 Å². The lowest BCUT2D eigenvalue weighted by molar-refractivity contribution is 0.372. The molecule has 0 radical (unpaired) electrons. The molecule has 0 spiro atoms. The number of methoxy groups -OCH3 is 1. The monoisotopic (exact) mass is 262 g/mol. The molecule has 2 aromatic rings. The van der Waals surface area contributed by atoms with Crippen LogP contribution in [0.2, 0.25) is 0 Å². The van der Waals surface area contributed by atoms with E-state index in [0.29, 0.717) is 17.3 Å². The van der Waals surface area contributed by atoms with Gasteiger partial charge in [-0.1, -0.05) is 0 Å². The number of aromatic nitrogens is 4. The number of nitrogen functional groups attached to an aromatic ring is 1. The van der Waals surface area contributed by atoms with Gasteiger partial charge in [0.05, 0.1) is 19.3 Å². The van der Waals surface area contributed by atoms with E-state index >= 15 is 0 Å². The molecule has 1 aromatic carbocycles. The van der Waals surface area contributed by atoms with E-state index < -0.39 is 0 Å². The van der Waals surface area contributed by atoms with Crippen LogP contribution in [0.5, 0.6) is 5.75 Å². The third-order valence-electron chi connectivity index (χ3n) is 2.78. The molecule has 7 heteroatoms. The fourth-order valence-electron chi connectivity index (χ4n) is 1.73. The van der Waals surface area contributed by atoms with E-state index in [1.807, 2.05) is 32.3 Å². The van der Waals surface area contributed by atoms with Gasteiger partial charge in [0.25, 0.3) is 0 Å². The number of benzene rings is 1. The Morgan fingerprint density at radius 2 is 2.16 bits per heavy atom. The van der Waals surface area contributed by atoms with Gasteiger partial charge in [-0.25, -0.2) is 4.68 Å². The molecule has 102 valence electrons. The number of ether oxygens (including phenoxy) is 1. The zero-order valence-corrected chi connectivity index (χ0v) is 11.4. The second-order valence-corrected chi connectivity index (χ2v) is 4.49. The molecule has 0 bridgehead atoms. The molecule has 0 saturated heterocycles. The first-order valence-corrected chi connectivity index (χ1v) is 5.96. The zero-order valence-electron chi connectivity index (χ0n) is 11.4. The van der Waals surface area contributed by atoms with Crippen molar-refractivity contribution in [1.82, 2.24) is 25.1 Å². The summed E-state index contributed by atoms with van der Waals surface area (Å²) in [4.78, 5) is 2.08. The lowest BCUT2D eigenvalue weighted by atomic mass is 10.2. The molecule has 0 unspecified atom stereocenters. The number of anilines is 1. The summed E-state index contributed by atoms with van der Waals surface area (Å²) in [7, 11) is 5.61. The minimum atomic E-state index is 0.571. The van der Waals surface area contributed by atoms with E-state index in [2.05, 4.69) is 20.4 Å². The van der Waals surface area contributed by atoms with Crippen molar-refractivity contribution in [3.8, 4) is 17.1 Å². The number of hydrogen-bond donors (Lipinski definition) is 1. The van der Waals surface area contributed by atoms with Gasteiger partial charge in [-0.2, -0.15) is 0 Å². The van der Waals surface area contributed by atoms with Crippen molar-refractivity contribution in [2.24, 2.45) is 0 Å². The first-order valence-electron chi connectivity index (χ1n) is 5.96. The fraction of sp³-hybridized carbons (Fsp3) is 0.417. The van der Waals surface area contributed by atoms with Gasteiger partial charge >= 0.3 is 0 Å². The first-order chi connectivity index (χ1) is 9.11. The van der Waals surface area contributed by atoms with Gasteiger partial charge < -0.3 is 15.4 Å². The average Bonchev–Trinajstić information content (AvgIpc) is 2.84. The van der Waals surface area contributed by atoms with E-state index in [0.717, 1.165) is 18.7 Å². The third kappa shape index (κ3) is 3.00. The Morgan fingerprint density at radius 1 is 1.37 bits per heavy atom. The normalized spacial score (nSPS) is 10.9. The molecule has 0 amide bonds. The van der Waals surface area contributed by atoms with Crippen molar-refractivity contribution in [2.45, 2.75) is 6.54 Å². The van der Waals surface area contributed by atoms with Gasteiger partial charge in [-0.05, 0) is 42.7 Å². The van der Waals surface area contributed by atoms with Gasteiger partial charge in [0.15, 0.2) is 5.82 Å². The summed E-state index contributed by atoms with van der Waals surface area (Å²) in [5.41, 5.74) is 7.35. The number of hydrogen-bond acceptors (Lipinski definition) is 6. The number of rotatable bonds is 5. The number of nitrogens with zero attached hydrogens (tertiary/aromatic N) is 5. The fourth-order valence-corrected chi connectivity index (χ4v) is 1.73. The summed E-state index contributed by atoms with van der Waals surface area (Å²) in [6.07, 6.45) is 0. The van der Waals surface area contributed by atoms with Crippen LogP contribution in [0.15, 0.2) is 18.2 Å². The van der Waals surface area contributed by atoms with Gasteiger partial charge in [-0.15, -0.1) is 5.10 Å². The molecule has 2 N–H and O–H groups in total. The molecule has 0 atom stereocenters. The topological polar surface area (TPSA) is 82.1 Å². The Bertz CT molecular complexity index is 551. The molecule has 0 saturated carbocycles. The molecule has 7 nitrogen and oxygen atoms in total. The smallest absolute Gasteiger partial charge is 0.182 e. The summed E-state index contributed by atoms with van der Waals surface area (Å²) < 4.78 is 6.90. The molecule has 0 fully saturated rings. The van der Waals surface area contributed by atoms with E-state index in [-0.39, 0.29) is 0 Å². The lowest BCUT2D eigenvalue weighted by Gasteiger charge is -2.11. The van der Waals surface area contributed by atoms with Crippen molar-refractivity contribution >= 4 is 5.69 Å². The molecule has 19 heavy (non-hydrogen) atoms. The predicted molar refractivity (Wildman–Crippen MR) is 72.8 cm³/mol. The van der Waals surface area contributed by atoms with Crippen molar-refractivity contribution < 1.29 is 4.74 Å². The predicted octanol–water partition coefficient (Wildman–Crippen LogP) is 0.492. The van der Waals surface area contributed by atoms with Crippen LogP contribution in [0.25, 0.3) is 11.4 Å². The molecular formula is C12H18N6O. The second kappa shape index (κ2) is 5.66. The number of tetrazole rings is 1. The lowest BCUT2D eigenvalue weighted by Crippen LogP contribution is -2.19. The molecule has 2 rings (SSSR count). The Balaban J connectivity index is 2.27. The van der Waals surface area contributed by atoms with Gasteiger partial charge in [-0.3, -0.25) is 0 Å². The summed E-state index contributed by atoms with van der Waals surface area (Å²) in [6.45, 7) is 1.59. The highest BCUT2D eigenvalue weighted by molar-refractivity contribution is 5.66. The van der Waals surface area contributed by atoms with Crippen LogP contribution in [-0.4, -0.2) is 52.9 Å². The maximum absolute atomic E-state index is 5.90. The number of likely N-dealkylation sites (N-methyl/N-ethyl adjacent to an activating group) is 1. The summed E-state index contributed by atoms with van der Waals surface area (Å²) in [5.74, 6) is 1.35. The largest absolute Gasteiger partial charge is 0.495 e. The van der Waals surface area contributed by atoms with Gasteiger partial charge in [0, 0.05) is 12.1 Å². The van der Waals surface area contributed by atoms with E-state index in [1.165, 1.54) is 0 Å². The highest BCUT2D eigenvalue weighted by Crippen LogP contribution is 2.26. The average molecular weight is 262 g/mol. The molecule has 0 aliphatic carbocycles. The van der Waals surface area contributed by atoms with Crippen LogP contribution in [0.4, 0.5) is 5.69 Å². The van der Waals surface area contributed by atoms with Crippen molar-refractivity contribution in [1.29, 1.82) is 0 Å². The molecular weight excluding hydrogens is 244 g/mol. The molecule has 1 heterocycles. The van der Waals surface area contributed by atoms with Crippen LogP contribution in [0.3, 0.4) is 0 Å². The maximum atomic E-state index is 5.90. The van der Waals surface area contributed by atoms with Gasteiger partial charge in [0.1, 0.15) is 5.75 Å². The van der Waals surface area contributed by atoms with Crippen LogP contribution in [0.1, 0.15) is 0 Å². The second-order valence-electron chi connectivity index (χ2n) is 4.49. The molecule has 1 aromatic heterocycles. The Morgan fingerprint density at radius 3 is 2.79 bits per heavy atom. The van der Waals surface area contributed by atoms with Crippen LogP contribution in [-0.2, 0) is 6.54 Å². The highest BCUT2D eigenvalue weighted by atomic mass is 16.5. The van der Waals surface area contributed by atoms with Crippen LogP contribution < -0.4 is 10.5 Å². The Labute approximate surface area is 112 Å². The third-order valence-corrected chi connectivity index (χ3v) is 2.78. The number of nitrogens with two attached hydrogens (primary N) is 1. The quantitative estimate of drug-likeness (QED) is 0.790. The summed E-state index contributed by atoms with van der Waals surface area (Å²) >= 11 is 0. The van der Waals surface area contributed by atoms with Crippen LogP contribution >= 0.6 is 0 Å². The summed E-state index contributed by atoms with van der Waals surface area (Å²) in [5, 5.41) is 11.8. The standard InChI is InChI=1S/C12H18N6O/c1-17(2)6-7-18-12(14-15-16-18)9-4-5-11(19-3)10(13)8-9/h4-5,8H,6-7,13H2,1-3H3. The minimum Gasteiger partial charge on any atom is -0.495 e. The summed E-state index contributed by atoms with van der Waals surface area (Å²) in [6, 6.07) is 5.53. The van der Waals surface area contributed by atoms with Crippen LogP contribution in [0, 0.1) is 0 Å². The molecule has 0 aliphatic heterocycles.